The summed E-state index contributed by atoms with van der Waals surface area (Å²) in [5.41, 5.74) is 22.5. The topological polar surface area (TPSA) is 111 Å². The van der Waals surface area contributed by atoms with E-state index in [-0.39, 0.29) is 38.1 Å². The van der Waals surface area contributed by atoms with Crippen molar-refractivity contribution in [3.8, 4) is 22.3 Å². The van der Waals surface area contributed by atoms with Crippen molar-refractivity contribution in [1.82, 2.24) is 0 Å². The Morgan fingerprint density at radius 1 is 0.740 bits per heavy atom. The molecule has 0 spiro atoms. The van der Waals surface area contributed by atoms with E-state index in [2.05, 4.69) is 105 Å². The van der Waals surface area contributed by atoms with E-state index in [1.807, 2.05) is 61.6 Å². The van der Waals surface area contributed by atoms with Gasteiger partial charge in [0.05, 0.1) is 11.4 Å². The van der Waals surface area contributed by atoms with Gasteiger partial charge in [0.25, 0.3) is 0 Å². The molecule has 0 heterocycles. The van der Waals surface area contributed by atoms with Gasteiger partial charge in [-0.1, -0.05) is 116 Å². The van der Waals surface area contributed by atoms with Crippen LogP contribution >= 0.6 is 0 Å². The molecule has 0 fully saturated rings. The average molecular weight is 741 g/mol. The number of nitrogens with two attached hydrogens (primary N) is 2. The van der Waals surface area contributed by atoms with Crippen molar-refractivity contribution in [2.75, 3.05) is 31.5 Å². The minimum atomic E-state index is 0. The molecule has 0 aliphatic heterocycles. The molecule has 7 rings (SSSR count). The fraction of sp³-hybridized carbons (Fsp3) is 0.186. The summed E-state index contributed by atoms with van der Waals surface area (Å²) < 4.78 is 0. The Bertz CT molecular complexity index is 1990. The van der Waals surface area contributed by atoms with Gasteiger partial charge in [-0.05, 0) is 99.6 Å². The summed E-state index contributed by atoms with van der Waals surface area (Å²) in [5, 5.41) is 23.9. The zero-order chi connectivity index (χ0) is 35.6. The van der Waals surface area contributed by atoms with E-state index in [0.717, 1.165) is 33.1 Å². The second-order valence-electron chi connectivity index (χ2n) is 12.4. The number of nitrogens with one attached hydrogen (secondary N) is 2. The standard InChI is InChI=1S/C20H17N.C15H18N2O.C7H9N.CH5N.Y/c1-20(2)18-8-7-13(12-21)9-16(18)17-10-14-5-3-4-6-15(14)11-19(17)20;1-11-4-6-12(7-5-11)13-8-9-14(16-2)15(10-13)17(3)18;8-6-7-4-2-1-3-5-7;1-2;/h3-12,21H,1-2H3;4-10,16,18H,1-3H3;1-5H,6,8H2;2H2,1H3;. The van der Waals surface area contributed by atoms with E-state index in [0.29, 0.717) is 6.54 Å². The Labute approximate surface area is 322 Å². The fourth-order valence-electron chi connectivity index (χ4n) is 6.10. The number of rotatable bonds is 5. The summed E-state index contributed by atoms with van der Waals surface area (Å²) in [4.78, 5) is 0. The van der Waals surface area contributed by atoms with Crippen molar-refractivity contribution in [3.05, 3.63) is 155 Å². The molecule has 1 aliphatic carbocycles. The normalized spacial score (nSPS) is 11.5. The maximum absolute atomic E-state index is 9.64. The van der Waals surface area contributed by atoms with Gasteiger partial charge in [-0.2, -0.15) is 0 Å². The maximum atomic E-state index is 9.64. The molecular weight excluding hydrogens is 691 g/mol. The molecule has 0 atom stereocenters. The largest absolute Gasteiger partial charge is 0.386 e. The Hall–Kier alpha value is -4.17. The smallest absolute Gasteiger partial charge is 0.0868 e. The maximum Gasteiger partial charge on any atom is 0.0868 e. The molecule has 6 aromatic rings. The average Bonchev–Trinajstić information content (AvgIpc) is 3.36. The van der Waals surface area contributed by atoms with E-state index in [1.54, 1.807) is 7.05 Å². The van der Waals surface area contributed by atoms with E-state index in [4.69, 9.17) is 11.1 Å². The van der Waals surface area contributed by atoms with Gasteiger partial charge in [-0.25, -0.2) is 0 Å². The van der Waals surface area contributed by atoms with Crippen LogP contribution in [-0.2, 0) is 44.7 Å². The molecule has 1 radical (unpaired) electrons. The molecule has 1 aliphatic rings. The zero-order valence-corrected chi connectivity index (χ0v) is 32.9. The first-order chi connectivity index (χ1) is 23.7. The molecule has 0 amide bonds. The summed E-state index contributed by atoms with van der Waals surface area (Å²) in [6.45, 7) is 7.29. The summed E-state index contributed by atoms with van der Waals surface area (Å²) >= 11 is 0. The molecular formula is C43H49N5OY. The van der Waals surface area contributed by atoms with E-state index < -0.39 is 0 Å². The van der Waals surface area contributed by atoms with Gasteiger partial charge in [-0.15, -0.1) is 0 Å². The van der Waals surface area contributed by atoms with Crippen molar-refractivity contribution in [2.24, 2.45) is 11.5 Å². The number of aryl methyl sites for hydroxylation is 1. The summed E-state index contributed by atoms with van der Waals surface area (Å²) in [7, 11) is 4.96. The van der Waals surface area contributed by atoms with Crippen LogP contribution in [0, 0.1) is 12.3 Å². The van der Waals surface area contributed by atoms with Gasteiger partial charge in [0.15, 0.2) is 0 Å². The third-order valence-electron chi connectivity index (χ3n) is 8.81. The van der Waals surface area contributed by atoms with Gasteiger partial charge in [0.1, 0.15) is 0 Å². The van der Waals surface area contributed by atoms with Crippen molar-refractivity contribution >= 4 is 28.4 Å². The first-order valence-electron chi connectivity index (χ1n) is 16.5. The Morgan fingerprint density at radius 2 is 1.32 bits per heavy atom. The van der Waals surface area contributed by atoms with Crippen LogP contribution < -0.4 is 21.8 Å². The van der Waals surface area contributed by atoms with Crippen LogP contribution in [0.1, 0.15) is 41.7 Å². The SMILES string of the molecule is CC1(C)c2ccc(C=N)cc2-c2cc3ccccc3cc21.CN.CNc1ccc(-c2ccc(C)cc2)cc1N(C)O.NCc1ccccc1.[Y]. The molecule has 0 aromatic heterocycles. The third kappa shape index (κ3) is 9.33. The summed E-state index contributed by atoms with van der Waals surface area (Å²) in [6, 6.07) is 43.8. The molecule has 7 N–H and O–H groups in total. The monoisotopic (exact) mass is 740 g/mol. The van der Waals surface area contributed by atoms with Crippen molar-refractivity contribution in [1.29, 1.82) is 5.41 Å². The number of fused-ring (bicyclic) bond motifs is 4. The van der Waals surface area contributed by atoms with Crippen LogP contribution in [-0.4, -0.2) is 32.6 Å². The van der Waals surface area contributed by atoms with Crippen LogP contribution in [0.15, 0.2) is 127 Å². The molecule has 0 unspecified atom stereocenters. The molecule has 6 nitrogen and oxygen atoms in total. The fourth-order valence-corrected chi connectivity index (χ4v) is 6.10. The summed E-state index contributed by atoms with van der Waals surface area (Å²) in [6.07, 6.45) is 1.42. The van der Waals surface area contributed by atoms with E-state index in [1.165, 1.54) is 57.4 Å². The van der Waals surface area contributed by atoms with Crippen LogP contribution in [0.25, 0.3) is 33.0 Å². The third-order valence-corrected chi connectivity index (χ3v) is 8.81. The number of hydrogen-bond acceptors (Lipinski definition) is 6. The Morgan fingerprint density at radius 3 is 1.88 bits per heavy atom. The number of hydroxylamine groups is 1. The number of nitrogens with zero attached hydrogens (tertiary/aromatic N) is 1. The van der Waals surface area contributed by atoms with E-state index in [9.17, 15) is 5.21 Å². The number of hydrogen-bond donors (Lipinski definition) is 5. The Kier molecular flexibility index (Phi) is 15.1. The van der Waals surface area contributed by atoms with Crippen LogP contribution in [0.2, 0.25) is 0 Å². The second-order valence-corrected chi connectivity index (χ2v) is 12.4. The van der Waals surface area contributed by atoms with Gasteiger partial charge in [0.2, 0.25) is 0 Å². The van der Waals surface area contributed by atoms with Crippen molar-refractivity contribution in [3.63, 3.8) is 0 Å². The van der Waals surface area contributed by atoms with Crippen molar-refractivity contribution in [2.45, 2.75) is 32.7 Å². The van der Waals surface area contributed by atoms with Gasteiger partial charge in [-0.3, -0.25) is 10.3 Å². The van der Waals surface area contributed by atoms with Crippen LogP contribution in [0.5, 0.6) is 0 Å². The second kappa shape index (κ2) is 18.7. The molecule has 0 bridgehead atoms. The first-order valence-corrected chi connectivity index (χ1v) is 16.5. The zero-order valence-electron chi connectivity index (χ0n) is 30.0. The number of benzene rings is 6. The molecule has 255 valence electrons. The molecule has 0 saturated heterocycles. The summed E-state index contributed by atoms with van der Waals surface area (Å²) in [5.74, 6) is 0. The molecule has 7 heteroatoms. The molecule has 0 saturated carbocycles. The minimum Gasteiger partial charge on any atom is -0.386 e. The van der Waals surface area contributed by atoms with Gasteiger partial charge in [0, 0.05) is 65.0 Å². The van der Waals surface area contributed by atoms with E-state index >= 15 is 0 Å². The Balaban J connectivity index is 0.000000212. The van der Waals surface area contributed by atoms with Gasteiger partial charge >= 0.3 is 0 Å². The molecule has 50 heavy (non-hydrogen) atoms. The quantitative estimate of drug-likeness (QED) is 0.0894. The van der Waals surface area contributed by atoms with Crippen molar-refractivity contribution < 1.29 is 37.9 Å². The predicted molar refractivity (Wildman–Crippen MR) is 210 cm³/mol. The number of anilines is 2. The minimum absolute atomic E-state index is 0. The first kappa shape index (κ1) is 40.3. The molecule has 6 aromatic carbocycles. The van der Waals surface area contributed by atoms with Crippen LogP contribution in [0.3, 0.4) is 0 Å². The van der Waals surface area contributed by atoms with Gasteiger partial charge < -0.3 is 22.2 Å². The predicted octanol–water partition coefficient (Wildman–Crippen LogP) is 9.39. The van der Waals surface area contributed by atoms with Crippen LogP contribution in [0.4, 0.5) is 11.4 Å².